The standard InChI is InChI=1S/C19H13OS.C13H8OS.C12H10I.C6H5Cl.2C6H5.2CHF3O3S.2CO2.Cu/c20-19-15-10-4-6-12-17(15)21(14-8-2-1-3-9-14)18-13-7-5-11-16(18)19;14-13-9-5-1-3-7-11(9)15-12-8-4-2-6-10(12)13;1-3-7-11(8-4-1)13-12-9-5-2-6-10-12;7-6-4-2-1-3-5-6;2*1-2-4-6-5-3-1;2*2-1(3,4)8(5,6)7;2*2-1-3;/h1-13H;1-8H;1-10H;1-5H;2*1-5H;2*(H,5,6,7);;;/q+1;;+1;;2*-1;;;;;+2/p-2. The fourth-order valence-electron chi connectivity index (χ4n) is 6.67. The number of rotatable bonds is 3. The van der Waals surface area contributed by atoms with E-state index in [1.807, 2.05) is 182 Å². The summed E-state index contributed by atoms with van der Waals surface area (Å²) in [7, 11) is -12.4. The van der Waals surface area contributed by atoms with Crippen molar-refractivity contribution in [2.75, 3.05) is 0 Å². The molecule has 0 spiro atoms. The first kappa shape index (κ1) is 78.8. The van der Waals surface area contributed by atoms with Gasteiger partial charge >= 0.3 is 61.6 Å². The largest absolute Gasteiger partial charge is 2.00 e. The third-order valence-corrected chi connectivity index (χ3v) is 17.9. The van der Waals surface area contributed by atoms with E-state index in [2.05, 4.69) is 109 Å². The zero-order chi connectivity index (χ0) is 66.4. The predicted octanol–water partition coefficient (Wildman–Crippen LogP) is 12.6. The maximum atomic E-state index is 12.7. The van der Waals surface area contributed by atoms with Crippen LogP contribution in [0.15, 0.2) is 289 Å². The van der Waals surface area contributed by atoms with Gasteiger partial charge in [-0.1, -0.05) is 133 Å². The Balaban J connectivity index is 0.000000363. The van der Waals surface area contributed by atoms with E-state index < -0.39 is 31.3 Å². The molecule has 1 radical (unpaired) electrons. The number of fused-ring (bicyclic) bond motifs is 4. The maximum absolute atomic E-state index is 12.7. The monoisotopic (exact) mass is 1500 g/mol. The Hall–Kier alpha value is -8.32. The zero-order valence-corrected chi connectivity index (χ0v) is 53.5. The molecule has 0 saturated heterocycles. The summed E-state index contributed by atoms with van der Waals surface area (Å²) in [5.74, 6) is 0. The first-order chi connectivity index (χ1) is 42.9. The minimum Gasteiger partial charge on any atom is -0.741 e. The summed E-state index contributed by atoms with van der Waals surface area (Å²) in [6, 6.07) is 97.8. The molecule has 0 atom stereocenters. The quantitative estimate of drug-likeness (QED) is 0.0236. The van der Waals surface area contributed by atoms with Gasteiger partial charge < -0.3 is 9.11 Å². The first-order valence-electron chi connectivity index (χ1n) is 25.1. The van der Waals surface area contributed by atoms with E-state index in [1.54, 1.807) is 11.3 Å². The molecule has 0 aliphatic heterocycles. The Kier molecular flexibility index (Phi) is 36.2. The Morgan fingerprint density at radius 1 is 0.407 bits per heavy atom. The zero-order valence-electron chi connectivity index (χ0n) is 46.4. The molecular weight excluding hydrogens is 1450 g/mol. The Labute approximate surface area is 551 Å². The van der Waals surface area contributed by atoms with Gasteiger partial charge in [0.2, 0.25) is 5.43 Å². The van der Waals surface area contributed by atoms with Gasteiger partial charge in [0.15, 0.2) is 47.1 Å². The van der Waals surface area contributed by atoms with E-state index in [0.29, 0.717) is 0 Å². The minimum atomic E-state index is -6.09. The number of benzene rings is 10. The van der Waals surface area contributed by atoms with Crippen LogP contribution < -0.4 is 32.1 Å². The van der Waals surface area contributed by atoms with Gasteiger partial charge in [-0.2, -0.15) is 118 Å². The summed E-state index contributed by atoms with van der Waals surface area (Å²) >= 11 is 7.23. The van der Waals surface area contributed by atoms with E-state index in [1.165, 1.54) is 12.0 Å². The second kappa shape index (κ2) is 41.9. The van der Waals surface area contributed by atoms with Crippen LogP contribution in [-0.2, 0) is 56.5 Å². The summed E-state index contributed by atoms with van der Waals surface area (Å²) in [5, 5.41) is 4.11. The molecular formula is C66H46ClCuF6IO12S4. The average molecular weight is 1500 g/mol. The van der Waals surface area contributed by atoms with Crippen molar-refractivity contribution in [3.8, 4) is 4.90 Å². The van der Waals surface area contributed by atoms with Gasteiger partial charge in [-0.25, -0.2) is 16.8 Å². The smallest absolute Gasteiger partial charge is 0.741 e. The van der Waals surface area contributed by atoms with Crippen molar-refractivity contribution in [3.05, 3.63) is 324 Å². The third-order valence-electron chi connectivity index (χ3n) is 10.4. The molecule has 91 heavy (non-hydrogen) atoms. The third kappa shape index (κ3) is 29.0. The van der Waals surface area contributed by atoms with Crippen molar-refractivity contribution in [2.24, 2.45) is 0 Å². The molecule has 473 valence electrons. The molecule has 12 aromatic rings. The van der Waals surface area contributed by atoms with Crippen LogP contribution >= 0.6 is 33.4 Å². The van der Waals surface area contributed by atoms with Crippen LogP contribution in [0.4, 0.5) is 26.3 Å². The van der Waals surface area contributed by atoms with E-state index in [0.717, 1.165) is 45.4 Å². The molecule has 12 nitrogen and oxygen atoms in total. The number of carbonyl (C=O) groups excluding carboxylic acids is 4. The fraction of sp³-hybridized carbons (Fsp3) is 0.0303. The van der Waals surface area contributed by atoms with Gasteiger partial charge in [-0.05, 0) is 97.1 Å². The van der Waals surface area contributed by atoms with Crippen LogP contribution in [-0.4, -0.2) is 49.3 Å². The van der Waals surface area contributed by atoms with Crippen LogP contribution in [0.5, 0.6) is 0 Å². The summed E-state index contributed by atoms with van der Waals surface area (Å²) < 4.78 is 125. The second-order valence-corrected chi connectivity index (χ2v) is 25.7. The molecule has 10 aromatic carbocycles. The van der Waals surface area contributed by atoms with E-state index >= 15 is 0 Å². The molecule has 2 aromatic heterocycles. The molecule has 0 fully saturated rings. The molecule has 0 aliphatic carbocycles. The minimum absolute atomic E-state index is 0. The second-order valence-electron chi connectivity index (χ2n) is 16.5. The van der Waals surface area contributed by atoms with Gasteiger partial charge in [0.25, 0.3) is 0 Å². The Morgan fingerprint density at radius 3 is 0.934 bits per heavy atom. The fourth-order valence-corrected chi connectivity index (χ4v) is 12.5. The average Bonchev–Trinajstić information content (AvgIpc) is 0.798. The summed E-state index contributed by atoms with van der Waals surface area (Å²) in [6.45, 7) is 0. The van der Waals surface area contributed by atoms with Crippen molar-refractivity contribution in [3.63, 3.8) is 0 Å². The summed E-state index contributed by atoms with van der Waals surface area (Å²) in [4.78, 5) is 58.5. The summed E-state index contributed by atoms with van der Waals surface area (Å²) in [5.41, 5.74) is -11.0. The molecule has 0 unspecified atom stereocenters. The predicted molar refractivity (Wildman–Crippen MR) is 331 cm³/mol. The molecule has 2 heterocycles. The molecule has 0 aliphatic rings. The van der Waals surface area contributed by atoms with Gasteiger partial charge in [0.1, 0.15) is 0 Å². The van der Waals surface area contributed by atoms with E-state index in [-0.39, 0.29) is 71.9 Å². The number of alkyl halides is 6. The number of hydrogen-bond acceptors (Lipinski definition) is 13. The topological polar surface area (TPSA) is 217 Å². The molecule has 12 rings (SSSR count). The van der Waals surface area contributed by atoms with Crippen LogP contribution in [0.3, 0.4) is 0 Å². The van der Waals surface area contributed by atoms with E-state index in [9.17, 15) is 35.9 Å². The number of hydrogen-bond donors (Lipinski definition) is 0. The molecule has 0 N–H and O–H groups in total. The SMILES string of the molecule is Clc1ccccc1.O=C=O.O=C=O.O=S(=O)([O-])C(F)(F)F.O=S(=O)([O-])C(F)(F)F.O=c1c2ccccc2[s+](-c2ccccc2)c2ccccc12.O=c1c2ccccc2sc2ccccc12.[Cu+2].[c-]1ccccc1.[c-]1ccccc1.c1ccc([I+]c2ccccc2)cc1. The summed E-state index contributed by atoms with van der Waals surface area (Å²) in [6.07, 6.45) is 0.500. The maximum Gasteiger partial charge on any atom is 2.00 e. The molecule has 0 saturated carbocycles. The van der Waals surface area contributed by atoms with Crippen molar-refractivity contribution in [2.45, 2.75) is 11.0 Å². The first-order valence-corrected chi connectivity index (χ1v) is 32.5. The van der Waals surface area contributed by atoms with Crippen molar-refractivity contribution in [1.29, 1.82) is 0 Å². The van der Waals surface area contributed by atoms with Gasteiger partial charge in [0.05, 0.1) is 10.8 Å². The Bertz CT molecular complexity index is 4190. The van der Waals surface area contributed by atoms with Gasteiger partial charge in [-0.15, -0.1) is 11.3 Å². The van der Waals surface area contributed by atoms with E-state index in [4.69, 9.17) is 56.7 Å². The Morgan fingerprint density at radius 2 is 0.659 bits per heavy atom. The normalized spacial score (nSPS) is 10.1. The van der Waals surface area contributed by atoms with Crippen LogP contribution in [0, 0.1) is 19.3 Å². The van der Waals surface area contributed by atoms with Crippen molar-refractivity contribution < 1.29 is 110 Å². The van der Waals surface area contributed by atoms with Gasteiger partial charge in [0, 0.05) is 35.7 Å². The molecule has 0 amide bonds. The van der Waals surface area contributed by atoms with Crippen LogP contribution in [0.2, 0.25) is 5.02 Å². The van der Waals surface area contributed by atoms with Gasteiger partial charge in [-0.3, -0.25) is 9.59 Å². The number of halogens is 8. The molecule has 25 heteroatoms. The van der Waals surface area contributed by atoms with Crippen LogP contribution in [0.25, 0.3) is 45.2 Å². The van der Waals surface area contributed by atoms with Crippen LogP contribution in [0.1, 0.15) is 0 Å². The molecule has 0 bridgehead atoms. The van der Waals surface area contributed by atoms with Crippen molar-refractivity contribution >= 4 is 106 Å². The van der Waals surface area contributed by atoms with Crippen molar-refractivity contribution in [1.82, 2.24) is 0 Å².